The van der Waals surface area contributed by atoms with Gasteiger partial charge in [0.05, 0.1) is 15.1 Å². The van der Waals surface area contributed by atoms with Crippen molar-refractivity contribution >= 4 is 31.6 Å². The molecule has 1 atom stereocenters. The first-order chi connectivity index (χ1) is 12.8. The van der Waals surface area contributed by atoms with Crippen molar-refractivity contribution in [2.24, 2.45) is 0 Å². The number of thiazole rings is 1. The molecule has 0 saturated heterocycles. The Morgan fingerprint density at radius 2 is 1.78 bits per heavy atom. The van der Waals surface area contributed by atoms with Gasteiger partial charge in [-0.3, -0.25) is 9.36 Å². The molecule has 2 aromatic carbocycles. The summed E-state index contributed by atoms with van der Waals surface area (Å²) in [4.78, 5) is 12.3. The molecule has 7 heteroatoms. The lowest BCUT2D eigenvalue weighted by Gasteiger charge is -2.14. The van der Waals surface area contributed by atoms with Gasteiger partial charge in [0.1, 0.15) is 0 Å². The number of fused-ring (bicyclic) bond motifs is 1. The van der Waals surface area contributed by atoms with Crippen molar-refractivity contribution in [1.82, 2.24) is 9.29 Å². The molecule has 144 valence electrons. The molecule has 27 heavy (non-hydrogen) atoms. The molecule has 0 aliphatic carbocycles. The molecular weight excluding hydrogens is 380 g/mol. The highest BCUT2D eigenvalue weighted by Gasteiger charge is 2.19. The number of aryl methyl sites for hydroxylation is 1. The van der Waals surface area contributed by atoms with E-state index >= 15 is 0 Å². The fraction of sp³-hybridized carbons (Fsp3) is 0.350. The zero-order valence-corrected chi connectivity index (χ0v) is 17.3. The average molecular weight is 405 g/mol. The number of hydrogen-bond donors (Lipinski definition) is 1. The third kappa shape index (κ3) is 4.48. The Hall–Kier alpha value is -1.96. The van der Waals surface area contributed by atoms with Crippen molar-refractivity contribution in [3.8, 4) is 0 Å². The molecule has 0 unspecified atom stereocenters. The summed E-state index contributed by atoms with van der Waals surface area (Å²) in [5.41, 5.74) is 1.96. The Balaban J connectivity index is 1.77. The second-order valence-corrected chi connectivity index (χ2v) is 9.72. The number of hydrogen-bond acceptors (Lipinski definition) is 4. The van der Waals surface area contributed by atoms with Gasteiger partial charge in [-0.25, -0.2) is 13.1 Å². The number of aromatic nitrogens is 1. The van der Waals surface area contributed by atoms with E-state index in [0.717, 1.165) is 23.3 Å². The van der Waals surface area contributed by atoms with E-state index in [1.807, 2.05) is 51.1 Å². The van der Waals surface area contributed by atoms with Crippen LogP contribution in [0.2, 0.25) is 0 Å². The smallest absolute Gasteiger partial charge is 0.296 e. The first-order valence-electron chi connectivity index (χ1n) is 8.99. The molecule has 5 nitrogen and oxygen atoms in total. The zero-order valence-electron chi connectivity index (χ0n) is 15.7. The molecule has 0 amide bonds. The van der Waals surface area contributed by atoms with Crippen LogP contribution in [0.4, 0.5) is 0 Å². The summed E-state index contributed by atoms with van der Waals surface area (Å²) in [5.74, 6) is 0. The van der Waals surface area contributed by atoms with Gasteiger partial charge in [0.2, 0.25) is 10.0 Å². The minimum Gasteiger partial charge on any atom is -0.296 e. The zero-order chi connectivity index (χ0) is 19.6. The summed E-state index contributed by atoms with van der Waals surface area (Å²) >= 11 is 1.08. The molecular formula is C20H24N2O3S2. The molecule has 0 radical (unpaired) electrons. The topological polar surface area (TPSA) is 68.2 Å². The lowest BCUT2D eigenvalue weighted by molar-refractivity contribution is 0.547. The van der Waals surface area contributed by atoms with Crippen LogP contribution < -0.4 is 9.60 Å². The Kier molecular flexibility index (Phi) is 5.83. The van der Waals surface area contributed by atoms with E-state index in [1.54, 1.807) is 22.8 Å². The van der Waals surface area contributed by atoms with Crippen LogP contribution >= 0.6 is 11.3 Å². The average Bonchev–Trinajstić information content (AvgIpc) is 2.95. The van der Waals surface area contributed by atoms with Crippen molar-refractivity contribution in [3.63, 3.8) is 0 Å². The summed E-state index contributed by atoms with van der Waals surface area (Å²) in [5, 5.41) is 0. The van der Waals surface area contributed by atoms with E-state index in [2.05, 4.69) is 4.72 Å². The van der Waals surface area contributed by atoms with Gasteiger partial charge >= 0.3 is 4.87 Å². The third-order valence-electron chi connectivity index (χ3n) is 4.48. The van der Waals surface area contributed by atoms with E-state index in [1.165, 1.54) is 5.56 Å². The van der Waals surface area contributed by atoms with E-state index < -0.39 is 10.0 Å². The van der Waals surface area contributed by atoms with Crippen LogP contribution in [0.25, 0.3) is 10.2 Å². The molecule has 1 aromatic heterocycles. The molecule has 3 rings (SSSR count). The van der Waals surface area contributed by atoms with Crippen molar-refractivity contribution in [1.29, 1.82) is 0 Å². The van der Waals surface area contributed by atoms with E-state index in [9.17, 15) is 13.2 Å². The van der Waals surface area contributed by atoms with Crippen LogP contribution in [-0.4, -0.2) is 19.0 Å². The van der Waals surface area contributed by atoms with Crippen molar-refractivity contribution < 1.29 is 8.42 Å². The first kappa shape index (κ1) is 19.8. The van der Waals surface area contributed by atoms with Crippen LogP contribution in [0.1, 0.15) is 38.8 Å². The maximum atomic E-state index is 12.7. The van der Waals surface area contributed by atoms with E-state index in [-0.39, 0.29) is 21.9 Å². The molecule has 0 bridgehead atoms. The molecule has 3 aromatic rings. The number of sulfonamides is 1. The fourth-order valence-corrected chi connectivity index (χ4v) is 5.52. The Morgan fingerprint density at radius 3 is 2.44 bits per heavy atom. The highest BCUT2D eigenvalue weighted by atomic mass is 32.2. The second-order valence-electron chi connectivity index (χ2n) is 7.01. The van der Waals surface area contributed by atoms with Gasteiger partial charge in [-0.2, -0.15) is 0 Å². The summed E-state index contributed by atoms with van der Waals surface area (Å²) in [6, 6.07) is 14.7. The van der Waals surface area contributed by atoms with Gasteiger partial charge in [0.15, 0.2) is 0 Å². The maximum absolute atomic E-state index is 12.7. The van der Waals surface area contributed by atoms with E-state index in [0.29, 0.717) is 11.1 Å². The highest BCUT2D eigenvalue weighted by molar-refractivity contribution is 7.89. The van der Waals surface area contributed by atoms with Crippen molar-refractivity contribution in [3.05, 3.63) is 63.8 Å². The Bertz CT molecular complexity index is 1080. The minimum absolute atomic E-state index is 0.0323. The SMILES string of the molecule is CC(C)n1c(=O)sc2cc(S(=O)(=O)N[C@@H](C)CCc3ccccc3)ccc21. The minimum atomic E-state index is -3.63. The summed E-state index contributed by atoms with van der Waals surface area (Å²) in [6.45, 7) is 5.75. The number of nitrogens with one attached hydrogen (secondary N) is 1. The Morgan fingerprint density at radius 1 is 1.07 bits per heavy atom. The normalized spacial score (nSPS) is 13.3. The predicted octanol–water partition coefficient (Wildman–Crippen LogP) is 3.94. The monoisotopic (exact) mass is 404 g/mol. The largest absolute Gasteiger partial charge is 0.308 e. The molecule has 0 spiro atoms. The highest BCUT2D eigenvalue weighted by Crippen LogP contribution is 2.24. The lowest BCUT2D eigenvalue weighted by atomic mass is 10.1. The van der Waals surface area contributed by atoms with Gasteiger partial charge in [-0.1, -0.05) is 41.7 Å². The van der Waals surface area contributed by atoms with Gasteiger partial charge in [-0.05, 0) is 57.4 Å². The van der Waals surface area contributed by atoms with Crippen LogP contribution in [0.5, 0.6) is 0 Å². The summed E-state index contributed by atoms with van der Waals surface area (Å²) in [6.07, 6.45) is 1.52. The molecule has 1 heterocycles. The third-order valence-corrected chi connectivity index (χ3v) is 6.98. The predicted molar refractivity (Wildman–Crippen MR) is 111 cm³/mol. The van der Waals surface area contributed by atoms with Crippen molar-refractivity contribution in [2.45, 2.75) is 50.6 Å². The summed E-state index contributed by atoms with van der Waals surface area (Å²) < 4.78 is 30.6. The standard InChI is InChI=1S/C20H24N2O3S2/c1-14(2)22-18-12-11-17(13-19(18)26-20(22)23)27(24,25)21-15(3)9-10-16-7-5-4-6-8-16/h4-8,11-15,21H,9-10H2,1-3H3/t15-/m0/s1. The molecule has 0 saturated carbocycles. The molecule has 0 aliphatic rings. The first-order valence-corrected chi connectivity index (χ1v) is 11.3. The van der Waals surface area contributed by atoms with Gasteiger partial charge < -0.3 is 0 Å². The lowest BCUT2D eigenvalue weighted by Crippen LogP contribution is -2.32. The molecule has 0 aliphatic heterocycles. The maximum Gasteiger partial charge on any atom is 0.308 e. The van der Waals surface area contributed by atoms with Gasteiger partial charge in [0.25, 0.3) is 0 Å². The van der Waals surface area contributed by atoms with Crippen LogP contribution in [0.15, 0.2) is 58.2 Å². The number of nitrogens with zero attached hydrogens (tertiary/aromatic N) is 1. The van der Waals surface area contributed by atoms with Crippen LogP contribution in [0.3, 0.4) is 0 Å². The molecule has 0 fully saturated rings. The number of benzene rings is 2. The molecule has 1 N–H and O–H groups in total. The fourth-order valence-electron chi connectivity index (χ4n) is 3.09. The number of rotatable bonds is 7. The van der Waals surface area contributed by atoms with Crippen LogP contribution in [-0.2, 0) is 16.4 Å². The van der Waals surface area contributed by atoms with Gasteiger partial charge in [-0.15, -0.1) is 0 Å². The van der Waals surface area contributed by atoms with Crippen LogP contribution in [0, 0.1) is 0 Å². The second kappa shape index (κ2) is 7.96. The van der Waals surface area contributed by atoms with Crippen molar-refractivity contribution in [2.75, 3.05) is 0 Å². The van der Waals surface area contributed by atoms with E-state index in [4.69, 9.17) is 0 Å². The van der Waals surface area contributed by atoms with Gasteiger partial charge in [0, 0.05) is 12.1 Å². The summed E-state index contributed by atoms with van der Waals surface area (Å²) in [7, 11) is -3.63. The Labute approximate surface area is 163 Å². The quantitative estimate of drug-likeness (QED) is 0.648.